The van der Waals surface area contributed by atoms with Gasteiger partial charge in [-0.25, -0.2) is 0 Å². The molecule has 3 amide bonds. The van der Waals surface area contributed by atoms with Crippen molar-refractivity contribution in [2.75, 3.05) is 28.2 Å². The van der Waals surface area contributed by atoms with Crippen LogP contribution in [0.2, 0.25) is 5.02 Å². The van der Waals surface area contributed by atoms with Crippen LogP contribution in [0.5, 0.6) is 0 Å². The molecule has 0 radical (unpaired) electrons. The number of fused-ring (bicyclic) bond motifs is 1. The number of carbonyl (C=O) groups is 3. The summed E-state index contributed by atoms with van der Waals surface area (Å²) in [5, 5.41) is 3.47. The van der Waals surface area contributed by atoms with Crippen LogP contribution in [0.15, 0.2) is 72.8 Å². The van der Waals surface area contributed by atoms with Crippen LogP contribution in [0.1, 0.15) is 22.3 Å². The maximum Gasteiger partial charge on any atom is 0.258 e. The van der Waals surface area contributed by atoms with E-state index in [1.807, 2.05) is 24.3 Å². The number of nitrogens with zero attached hydrogens (tertiary/aromatic N) is 2. The van der Waals surface area contributed by atoms with Gasteiger partial charge in [0.1, 0.15) is 0 Å². The number of halogens is 1. The van der Waals surface area contributed by atoms with Gasteiger partial charge in [0.15, 0.2) is 0 Å². The monoisotopic (exact) mass is 459 g/mol. The molecule has 1 atom stereocenters. The molecule has 1 fully saturated rings. The standard InChI is InChI=1S/C26H22ClN3O3/c27-20-7-11-22(12-8-20)30-16-19(15-24(30)31)25(32)28-21-9-5-18(6-10-21)26(33)29-14-13-17-3-1-2-4-23(17)29/h1-12,19H,13-16H2,(H,28,32). The summed E-state index contributed by atoms with van der Waals surface area (Å²) < 4.78 is 0. The lowest BCUT2D eigenvalue weighted by atomic mass is 10.1. The highest BCUT2D eigenvalue weighted by Crippen LogP contribution is 2.30. The average Bonchev–Trinajstić information content (AvgIpc) is 3.43. The second kappa shape index (κ2) is 8.71. The van der Waals surface area contributed by atoms with Gasteiger partial charge in [0.25, 0.3) is 5.91 Å². The van der Waals surface area contributed by atoms with Crippen LogP contribution in [0.4, 0.5) is 17.1 Å². The highest BCUT2D eigenvalue weighted by atomic mass is 35.5. The largest absolute Gasteiger partial charge is 0.326 e. The van der Waals surface area contributed by atoms with Crippen molar-refractivity contribution in [2.24, 2.45) is 5.92 Å². The predicted octanol–water partition coefficient (Wildman–Crippen LogP) is 4.53. The van der Waals surface area contributed by atoms with Crippen molar-refractivity contribution in [1.82, 2.24) is 0 Å². The Kier molecular flexibility index (Phi) is 5.60. The molecule has 0 saturated carbocycles. The van der Waals surface area contributed by atoms with Crippen LogP contribution in [0.25, 0.3) is 0 Å². The third-order valence-corrected chi connectivity index (χ3v) is 6.42. The zero-order valence-electron chi connectivity index (χ0n) is 17.8. The van der Waals surface area contributed by atoms with Gasteiger partial charge < -0.3 is 15.1 Å². The van der Waals surface area contributed by atoms with Crippen molar-refractivity contribution in [3.8, 4) is 0 Å². The van der Waals surface area contributed by atoms with Gasteiger partial charge in [0, 0.05) is 47.2 Å². The molecular formula is C26H22ClN3O3. The number of anilines is 3. The molecule has 0 spiro atoms. The molecule has 6 nitrogen and oxygen atoms in total. The van der Waals surface area contributed by atoms with Gasteiger partial charge in [-0.05, 0) is 66.6 Å². The maximum atomic E-state index is 13.0. The Bertz CT molecular complexity index is 1220. The quantitative estimate of drug-likeness (QED) is 0.623. The summed E-state index contributed by atoms with van der Waals surface area (Å²) >= 11 is 5.92. The summed E-state index contributed by atoms with van der Waals surface area (Å²) in [7, 11) is 0. The summed E-state index contributed by atoms with van der Waals surface area (Å²) in [6.07, 6.45) is 1.00. The first-order valence-corrected chi connectivity index (χ1v) is 11.2. The fourth-order valence-electron chi connectivity index (χ4n) is 4.40. The SMILES string of the molecule is O=C(Nc1ccc(C(=O)N2CCc3ccccc32)cc1)C1CC(=O)N(c2ccc(Cl)cc2)C1. The number of rotatable bonds is 4. The molecule has 1 saturated heterocycles. The number of carbonyl (C=O) groups excluding carboxylic acids is 3. The molecule has 7 heteroatoms. The minimum atomic E-state index is -0.449. The van der Waals surface area contributed by atoms with E-state index in [0.717, 1.165) is 17.8 Å². The van der Waals surface area contributed by atoms with Gasteiger partial charge in [-0.15, -0.1) is 0 Å². The van der Waals surface area contributed by atoms with Gasteiger partial charge in [-0.1, -0.05) is 29.8 Å². The highest BCUT2D eigenvalue weighted by molar-refractivity contribution is 6.30. The van der Waals surface area contributed by atoms with Gasteiger partial charge in [0.2, 0.25) is 11.8 Å². The summed E-state index contributed by atoms with van der Waals surface area (Å²) in [4.78, 5) is 41.6. The second-order valence-electron chi connectivity index (χ2n) is 8.28. The van der Waals surface area contributed by atoms with Crippen molar-refractivity contribution in [2.45, 2.75) is 12.8 Å². The van der Waals surface area contributed by atoms with Gasteiger partial charge in [0.05, 0.1) is 5.92 Å². The Balaban J connectivity index is 1.22. The van der Waals surface area contributed by atoms with Crippen molar-refractivity contribution in [3.05, 3.63) is 88.9 Å². The Hall–Kier alpha value is -3.64. The van der Waals surface area contributed by atoms with Crippen molar-refractivity contribution < 1.29 is 14.4 Å². The number of para-hydroxylation sites is 1. The topological polar surface area (TPSA) is 69.7 Å². The molecule has 3 aromatic rings. The Labute approximate surface area is 196 Å². The third-order valence-electron chi connectivity index (χ3n) is 6.17. The average molecular weight is 460 g/mol. The summed E-state index contributed by atoms with van der Waals surface area (Å²) in [5.41, 5.74) is 4.01. The summed E-state index contributed by atoms with van der Waals surface area (Å²) in [5.74, 6) is -0.815. The molecule has 1 N–H and O–H groups in total. The fraction of sp³-hybridized carbons (Fsp3) is 0.192. The van der Waals surface area contributed by atoms with Gasteiger partial charge in [-0.3, -0.25) is 14.4 Å². The Morgan fingerprint density at radius 3 is 2.42 bits per heavy atom. The normalized spacial score (nSPS) is 17.2. The summed E-state index contributed by atoms with van der Waals surface area (Å²) in [6, 6.07) is 21.8. The second-order valence-corrected chi connectivity index (χ2v) is 8.72. The van der Waals surface area contributed by atoms with Crippen LogP contribution in [0.3, 0.4) is 0 Å². The minimum Gasteiger partial charge on any atom is -0.326 e. The van der Waals surface area contributed by atoms with Crippen molar-refractivity contribution in [1.29, 1.82) is 0 Å². The molecule has 2 aliphatic heterocycles. The number of hydrogen-bond acceptors (Lipinski definition) is 3. The van der Waals surface area contributed by atoms with Crippen LogP contribution in [0, 0.1) is 5.92 Å². The van der Waals surface area contributed by atoms with E-state index in [0.29, 0.717) is 29.4 Å². The van der Waals surface area contributed by atoms with Crippen LogP contribution >= 0.6 is 11.6 Å². The lowest BCUT2D eigenvalue weighted by Gasteiger charge is -2.18. The summed E-state index contributed by atoms with van der Waals surface area (Å²) in [6.45, 7) is 0.980. The molecule has 33 heavy (non-hydrogen) atoms. The molecule has 0 aliphatic carbocycles. The lowest BCUT2D eigenvalue weighted by molar-refractivity contribution is -0.122. The van der Waals surface area contributed by atoms with E-state index in [9.17, 15) is 14.4 Å². The van der Waals surface area contributed by atoms with Crippen LogP contribution in [-0.4, -0.2) is 30.8 Å². The Morgan fingerprint density at radius 1 is 0.939 bits per heavy atom. The Morgan fingerprint density at radius 2 is 1.67 bits per heavy atom. The molecule has 3 aromatic carbocycles. The fourth-order valence-corrected chi connectivity index (χ4v) is 4.53. The van der Waals surface area contributed by atoms with E-state index in [4.69, 9.17) is 11.6 Å². The highest BCUT2D eigenvalue weighted by Gasteiger charge is 2.35. The van der Waals surface area contributed by atoms with Crippen LogP contribution in [-0.2, 0) is 16.0 Å². The first-order valence-electron chi connectivity index (χ1n) is 10.9. The molecule has 0 bridgehead atoms. The van der Waals surface area contributed by atoms with E-state index in [2.05, 4.69) is 5.32 Å². The molecular weight excluding hydrogens is 438 g/mol. The molecule has 5 rings (SSSR count). The number of nitrogens with one attached hydrogen (secondary N) is 1. The molecule has 166 valence electrons. The van der Waals surface area contributed by atoms with E-state index >= 15 is 0 Å². The smallest absolute Gasteiger partial charge is 0.258 e. The van der Waals surface area contributed by atoms with E-state index in [1.165, 1.54) is 5.56 Å². The number of amides is 3. The van der Waals surface area contributed by atoms with Crippen molar-refractivity contribution in [3.63, 3.8) is 0 Å². The van der Waals surface area contributed by atoms with E-state index in [-0.39, 0.29) is 24.1 Å². The first-order chi connectivity index (χ1) is 16.0. The van der Waals surface area contributed by atoms with E-state index in [1.54, 1.807) is 58.3 Å². The lowest BCUT2D eigenvalue weighted by Crippen LogP contribution is -2.29. The molecule has 2 aliphatic rings. The number of benzene rings is 3. The predicted molar refractivity (Wildman–Crippen MR) is 129 cm³/mol. The minimum absolute atomic E-state index is 0.0576. The maximum absolute atomic E-state index is 13.0. The molecule has 1 unspecified atom stereocenters. The molecule has 2 heterocycles. The van der Waals surface area contributed by atoms with E-state index < -0.39 is 5.92 Å². The first kappa shape index (κ1) is 21.2. The van der Waals surface area contributed by atoms with Gasteiger partial charge in [-0.2, -0.15) is 0 Å². The van der Waals surface area contributed by atoms with Gasteiger partial charge >= 0.3 is 0 Å². The van der Waals surface area contributed by atoms with Crippen molar-refractivity contribution >= 4 is 46.4 Å². The molecule has 0 aromatic heterocycles. The zero-order chi connectivity index (χ0) is 22.9. The number of hydrogen-bond donors (Lipinski definition) is 1. The zero-order valence-corrected chi connectivity index (χ0v) is 18.6. The van der Waals surface area contributed by atoms with Crippen LogP contribution < -0.4 is 15.1 Å². The third kappa shape index (κ3) is 4.22.